The Labute approximate surface area is 148 Å². The van der Waals surface area contributed by atoms with E-state index in [4.69, 9.17) is 10.3 Å². The van der Waals surface area contributed by atoms with E-state index in [0.29, 0.717) is 23.0 Å². The first-order valence-corrected chi connectivity index (χ1v) is 9.89. The van der Waals surface area contributed by atoms with Gasteiger partial charge < -0.3 is 10.3 Å². The number of aryl methyl sites for hydroxylation is 3. The van der Waals surface area contributed by atoms with Crippen molar-refractivity contribution in [3.05, 3.63) is 40.5 Å². The van der Waals surface area contributed by atoms with Crippen LogP contribution in [0.2, 0.25) is 0 Å². The minimum absolute atomic E-state index is 0.189. The van der Waals surface area contributed by atoms with Crippen molar-refractivity contribution in [2.24, 2.45) is 5.73 Å². The predicted molar refractivity (Wildman–Crippen MR) is 93.6 cm³/mol. The summed E-state index contributed by atoms with van der Waals surface area (Å²) >= 11 is 0. The maximum Gasteiger partial charge on any atom is 0.241 e. The Morgan fingerprint density at radius 2 is 1.88 bits per heavy atom. The first-order valence-electron chi connectivity index (χ1n) is 8.41. The highest BCUT2D eigenvalue weighted by atomic mass is 32.2. The Hall–Kier alpha value is -1.77. The molecule has 0 atom stereocenters. The summed E-state index contributed by atoms with van der Waals surface area (Å²) in [5.74, 6) is 0.911. The summed E-state index contributed by atoms with van der Waals surface area (Å²) in [6.07, 6.45) is 3.09. The molecular weight excluding hydrogens is 340 g/mol. The lowest BCUT2D eigenvalue weighted by atomic mass is 9.77. The van der Waals surface area contributed by atoms with Crippen molar-refractivity contribution in [2.45, 2.75) is 56.9 Å². The van der Waals surface area contributed by atoms with E-state index in [0.717, 1.165) is 36.0 Å². The summed E-state index contributed by atoms with van der Waals surface area (Å²) < 4.78 is 33.0. The molecule has 1 aromatic carbocycles. The molecule has 7 nitrogen and oxygen atoms in total. The summed E-state index contributed by atoms with van der Waals surface area (Å²) in [4.78, 5) is 4.64. The molecule has 25 heavy (non-hydrogen) atoms. The first kappa shape index (κ1) is 18.0. The second-order valence-corrected chi connectivity index (χ2v) is 8.60. The smallest absolute Gasteiger partial charge is 0.241 e. The van der Waals surface area contributed by atoms with Crippen LogP contribution in [-0.2, 0) is 22.0 Å². The van der Waals surface area contributed by atoms with Crippen LogP contribution in [0.15, 0.2) is 21.6 Å². The molecule has 1 aliphatic carbocycles. The zero-order chi connectivity index (χ0) is 18.2. The van der Waals surface area contributed by atoms with Crippen LogP contribution in [0.4, 0.5) is 0 Å². The third-order valence-corrected chi connectivity index (χ3v) is 6.43. The summed E-state index contributed by atoms with van der Waals surface area (Å²) in [5.41, 5.74) is 8.20. The van der Waals surface area contributed by atoms with E-state index in [1.807, 2.05) is 19.1 Å². The van der Waals surface area contributed by atoms with Crippen molar-refractivity contribution in [2.75, 3.05) is 6.54 Å². The largest absolute Gasteiger partial charge is 0.339 e. The molecule has 1 fully saturated rings. The van der Waals surface area contributed by atoms with E-state index in [1.165, 1.54) is 0 Å². The van der Waals surface area contributed by atoms with Crippen LogP contribution in [0.1, 0.15) is 47.7 Å². The number of aromatic nitrogens is 2. The third kappa shape index (κ3) is 3.61. The normalized spacial score (nSPS) is 16.6. The van der Waals surface area contributed by atoms with Gasteiger partial charge in [-0.25, -0.2) is 13.1 Å². The lowest BCUT2D eigenvalue weighted by molar-refractivity contribution is 0.229. The van der Waals surface area contributed by atoms with Crippen LogP contribution in [0.25, 0.3) is 0 Å². The molecule has 1 saturated carbocycles. The van der Waals surface area contributed by atoms with Gasteiger partial charge in [-0.05, 0) is 51.2 Å². The average molecular weight is 364 g/mol. The first-order chi connectivity index (χ1) is 11.7. The average Bonchev–Trinajstić information content (AvgIpc) is 2.92. The van der Waals surface area contributed by atoms with Crippen LogP contribution in [-0.4, -0.2) is 25.1 Å². The van der Waals surface area contributed by atoms with Gasteiger partial charge in [-0.2, -0.15) is 4.98 Å². The highest BCUT2D eigenvalue weighted by molar-refractivity contribution is 7.89. The van der Waals surface area contributed by atoms with Crippen molar-refractivity contribution in [3.8, 4) is 0 Å². The van der Waals surface area contributed by atoms with Crippen molar-refractivity contribution in [1.29, 1.82) is 0 Å². The van der Waals surface area contributed by atoms with Crippen molar-refractivity contribution in [1.82, 2.24) is 14.9 Å². The van der Waals surface area contributed by atoms with Gasteiger partial charge in [0.25, 0.3) is 0 Å². The SMILES string of the molecule is Cc1cc(C)c(S(=O)(=O)NCCc2nc(C3(N)CCC3)no2)c(C)c1. The van der Waals surface area contributed by atoms with Crippen molar-refractivity contribution >= 4 is 10.0 Å². The van der Waals surface area contributed by atoms with E-state index in [9.17, 15) is 8.42 Å². The van der Waals surface area contributed by atoms with Crippen LogP contribution in [0, 0.1) is 20.8 Å². The van der Waals surface area contributed by atoms with Gasteiger partial charge in [-0.15, -0.1) is 0 Å². The Morgan fingerprint density at radius 1 is 1.24 bits per heavy atom. The number of benzene rings is 1. The molecule has 0 bridgehead atoms. The maximum absolute atomic E-state index is 12.6. The molecule has 1 heterocycles. The summed E-state index contributed by atoms with van der Waals surface area (Å²) in [7, 11) is -3.59. The second-order valence-electron chi connectivity index (χ2n) is 6.90. The highest BCUT2D eigenvalue weighted by Crippen LogP contribution is 2.36. The molecule has 0 amide bonds. The Bertz CT molecular complexity index is 862. The lowest BCUT2D eigenvalue weighted by Crippen LogP contribution is -2.44. The fourth-order valence-electron chi connectivity index (χ4n) is 3.30. The molecule has 0 spiro atoms. The number of sulfonamides is 1. The Kier molecular flexibility index (Phi) is 4.70. The second kappa shape index (κ2) is 6.51. The van der Waals surface area contributed by atoms with E-state index in [2.05, 4.69) is 14.9 Å². The van der Waals surface area contributed by atoms with Gasteiger partial charge in [-0.3, -0.25) is 0 Å². The minimum atomic E-state index is -3.59. The fourth-order valence-corrected chi connectivity index (χ4v) is 4.78. The summed E-state index contributed by atoms with van der Waals surface area (Å²) in [6, 6.07) is 3.73. The lowest BCUT2D eigenvalue weighted by Gasteiger charge is -2.34. The number of hydrogen-bond donors (Lipinski definition) is 2. The quantitative estimate of drug-likeness (QED) is 0.809. The molecule has 136 valence electrons. The minimum Gasteiger partial charge on any atom is -0.339 e. The summed E-state index contributed by atoms with van der Waals surface area (Å²) in [5, 5.41) is 3.93. The van der Waals surface area contributed by atoms with Gasteiger partial charge in [-0.1, -0.05) is 22.9 Å². The van der Waals surface area contributed by atoms with E-state index >= 15 is 0 Å². The van der Waals surface area contributed by atoms with Gasteiger partial charge in [0.05, 0.1) is 10.4 Å². The molecule has 1 aromatic heterocycles. The fraction of sp³-hybridized carbons (Fsp3) is 0.529. The van der Waals surface area contributed by atoms with Crippen LogP contribution in [0.3, 0.4) is 0 Å². The van der Waals surface area contributed by atoms with E-state index in [-0.39, 0.29) is 6.54 Å². The predicted octanol–water partition coefficient (Wildman–Crippen LogP) is 1.85. The number of nitrogens with one attached hydrogen (secondary N) is 1. The highest BCUT2D eigenvalue weighted by Gasteiger charge is 2.38. The Balaban J connectivity index is 1.65. The van der Waals surface area contributed by atoms with Gasteiger partial charge >= 0.3 is 0 Å². The third-order valence-electron chi connectivity index (χ3n) is 4.66. The molecule has 0 saturated heterocycles. The van der Waals surface area contributed by atoms with E-state index in [1.54, 1.807) is 13.8 Å². The molecule has 1 aliphatic rings. The molecule has 0 radical (unpaired) electrons. The van der Waals surface area contributed by atoms with Crippen LogP contribution in [0.5, 0.6) is 0 Å². The van der Waals surface area contributed by atoms with Crippen LogP contribution < -0.4 is 10.5 Å². The molecule has 2 aromatic rings. The maximum atomic E-state index is 12.6. The van der Waals surface area contributed by atoms with E-state index < -0.39 is 15.6 Å². The summed E-state index contributed by atoms with van der Waals surface area (Å²) in [6.45, 7) is 5.74. The topological polar surface area (TPSA) is 111 Å². The van der Waals surface area contributed by atoms with Gasteiger partial charge in [0, 0.05) is 13.0 Å². The van der Waals surface area contributed by atoms with Gasteiger partial charge in [0.15, 0.2) is 5.82 Å². The number of nitrogens with two attached hydrogens (primary N) is 1. The van der Waals surface area contributed by atoms with Crippen molar-refractivity contribution in [3.63, 3.8) is 0 Å². The standard InChI is InChI=1S/C17H24N4O3S/c1-11-9-12(2)15(13(3)10-11)25(22,23)19-8-5-14-20-16(21-24-14)17(18)6-4-7-17/h9-10,19H,4-8,18H2,1-3H3. The Morgan fingerprint density at radius 3 is 2.44 bits per heavy atom. The number of rotatable bonds is 6. The number of hydrogen-bond acceptors (Lipinski definition) is 6. The van der Waals surface area contributed by atoms with Crippen molar-refractivity contribution < 1.29 is 12.9 Å². The molecular formula is C17H24N4O3S. The monoisotopic (exact) mass is 364 g/mol. The number of nitrogens with zero attached hydrogens (tertiary/aromatic N) is 2. The zero-order valence-corrected chi connectivity index (χ0v) is 15.6. The zero-order valence-electron chi connectivity index (χ0n) is 14.8. The van der Waals surface area contributed by atoms with Gasteiger partial charge in [0.2, 0.25) is 15.9 Å². The molecule has 0 aliphatic heterocycles. The molecule has 0 unspecified atom stereocenters. The molecule has 8 heteroatoms. The molecule has 3 rings (SSSR count). The van der Waals surface area contributed by atoms with Gasteiger partial charge in [0.1, 0.15) is 0 Å². The van der Waals surface area contributed by atoms with Crippen LogP contribution >= 0.6 is 0 Å². The molecule has 3 N–H and O–H groups in total.